The molecule has 2 heterocycles. The lowest BCUT2D eigenvalue weighted by atomic mass is 9.95. The number of fused-ring (bicyclic) bond motifs is 2. The molecule has 1 N–H and O–H groups in total. The van der Waals surface area contributed by atoms with E-state index in [2.05, 4.69) is 10.3 Å². The number of nitrogens with one attached hydrogen (secondary N) is 1. The van der Waals surface area contributed by atoms with Gasteiger partial charge < -0.3 is 10.1 Å². The predicted molar refractivity (Wildman–Crippen MR) is 97.3 cm³/mol. The van der Waals surface area contributed by atoms with Gasteiger partial charge in [-0.25, -0.2) is 4.79 Å². The summed E-state index contributed by atoms with van der Waals surface area (Å²) in [6, 6.07) is 9.94. The first-order valence-corrected chi connectivity index (χ1v) is 8.93. The van der Waals surface area contributed by atoms with Crippen molar-refractivity contribution in [1.29, 1.82) is 0 Å². The molecule has 0 saturated heterocycles. The van der Waals surface area contributed by atoms with Crippen LogP contribution >= 0.6 is 11.3 Å². The van der Waals surface area contributed by atoms with Crippen LogP contribution < -0.4 is 5.32 Å². The summed E-state index contributed by atoms with van der Waals surface area (Å²) in [5.41, 5.74) is 3.77. The van der Waals surface area contributed by atoms with Crippen LogP contribution in [0.4, 0.5) is 10.7 Å². The molecule has 2 aromatic heterocycles. The maximum absolute atomic E-state index is 12.4. The molecule has 122 valence electrons. The van der Waals surface area contributed by atoms with Crippen LogP contribution in [0, 0.1) is 0 Å². The first-order valence-electron chi connectivity index (χ1n) is 8.11. The molecule has 0 amide bonds. The summed E-state index contributed by atoms with van der Waals surface area (Å²) in [6.45, 7) is 0. The van der Waals surface area contributed by atoms with Crippen LogP contribution in [-0.2, 0) is 17.6 Å². The van der Waals surface area contributed by atoms with E-state index in [4.69, 9.17) is 4.74 Å². The van der Waals surface area contributed by atoms with Crippen LogP contribution in [0.2, 0.25) is 0 Å². The molecule has 0 bridgehead atoms. The lowest BCUT2D eigenvalue weighted by Crippen LogP contribution is -2.09. The van der Waals surface area contributed by atoms with Gasteiger partial charge in [-0.3, -0.25) is 4.98 Å². The molecule has 0 aliphatic heterocycles. The summed E-state index contributed by atoms with van der Waals surface area (Å²) in [7, 11) is 1.45. The number of methoxy groups -OCH3 is 1. The van der Waals surface area contributed by atoms with Gasteiger partial charge >= 0.3 is 5.97 Å². The van der Waals surface area contributed by atoms with Gasteiger partial charge in [0.15, 0.2) is 0 Å². The lowest BCUT2D eigenvalue weighted by molar-refractivity contribution is 0.0601. The van der Waals surface area contributed by atoms with E-state index in [1.165, 1.54) is 24.0 Å². The quantitative estimate of drug-likeness (QED) is 0.703. The van der Waals surface area contributed by atoms with Gasteiger partial charge in [0.25, 0.3) is 0 Å². The zero-order valence-electron chi connectivity index (χ0n) is 13.5. The minimum atomic E-state index is -0.254. The highest BCUT2D eigenvalue weighted by Crippen LogP contribution is 2.40. The summed E-state index contributed by atoms with van der Waals surface area (Å²) in [5, 5.41) is 5.39. The second-order valence-electron chi connectivity index (χ2n) is 5.91. The van der Waals surface area contributed by atoms with Gasteiger partial charge in [0.05, 0.1) is 18.2 Å². The molecule has 3 aromatic rings. The summed E-state index contributed by atoms with van der Waals surface area (Å²) in [5.74, 6) is -0.254. The van der Waals surface area contributed by atoms with Crippen molar-refractivity contribution in [3.05, 3.63) is 52.5 Å². The summed E-state index contributed by atoms with van der Waals surface area (Å²) < 4.78 is 5.04. The molecule has 1 aliphatic carbocycles. The number of rotatable bonds is 3. The van der Waals surface area contributed by atoms with E-state index < -0.39 is 0 Å². The normalized spacial score (nSPS) is 13.5. The number of aryl methyl sites for hydroxylation is 1. The Balaban J connectivity index is 1.81. The van der Waals surface area contributed by atoms with Crippen LogP contribution in [0.3, 0.4) is 0 Å². The smallest absolute Gasteiger partial charge is 0.341 e. The molecule has 0 spiro atoms. The first-order chi connectivity index (χ1) is 11.8. The average molecular weight is 338 g/mol. The second kappa shape index (κ2) is 6.24. The Kier molecular flexibility index (Phi) is 3.94. The number of benzene rings is 1. The fourth-order valence-electron chi connectivity index (χ4n) is 3.31. The molecule has 5 heteroatoms. The van der Waals surface area contributed by atoms with Crippen molar-refractivity contribution in [2.24, 2.45) is 0 Å². The number of ether oxygens (including phenoxy) is 1. The summed E-state index contributed by atoms with van der Waals surface area (Å²) in [4.78, 5) is 18.1. The highest BCUT2D eigenvalue weighted by Gasteiger charge is 2.26. The van der Waals surface area contributed by atoms with Crippen molar-refractivity contribution in [2.75, 3.05) is 12.4 Å². The maximum Gasteiger partial charge on any atom is 0.341 e. The van der Waals surface area contributed by atoms with Crippen LogP contribution in [0.25, 0.3) is 10.9 Å². The third kappa shape index (κ3) is 2.55. The average Bonchev–Trinajstić information content (AvgIpc) is 2.99. The zero-order valence-corrected chi connectivity index (χ0v) is 14.3. The Hall–Kier alpha value is -2.40. The van der Waals surface area contributed by atoms with Crippen LogP contribution in [0.5, 0.6) is 0 Å². The molecule has 1 aromatic carbocycles. The number of esters is 1. The Bertz CT molecular complexity index is 912. The summed E-state index contributed by atoms with van der Waals surface area (Å²) >= 11 is 1.68. The predicted octanol–water partition coefficient (Wildman–Crippen LogP) is 4.71. The number of carbonyl (C=O) groups is 1. The van der Waals surface area contributed by atoms with E-state index >= 15 is 0 Å². The largest absolute Gasteiger partial charge is 0.465 e. The minimum Gasteiger partial charge on any atom is -0.465 e. The molecule has 0 atom stereocenters. The van der Waals surface area contributed by atoms with Gasteiger partial charge in [-0.05, 0) is 55.5 Å². The van der Waals surface area contributed by atoms with E-state index in [0.29, 0.717) is 5.56 Å². The molecule has 4 nitrogen and oxygen atoms in total. The van der Waals surface area contributed by atoms with Crippen LogP contribution in [0.1, 0.15) is 33.6 Å². The van der Waals surface area contributed by atoms with E-state index in [1.807, 2.05) is 30.3 Å². The number of anilines is 2. The van der Waals surface area contributed by atoms with Gasteiger partial charge in [-0.2, -0.15) is 0 Å². The van der Waals surface area contributed by atoms with E-state index in [1.54, 1.807) is 17.5 Å². The minimum absolute atomic E-state index is 0.254. The molecule has 0 fully saturated rings. The van der Waals surface area contributed by atoms with Crippen molar-refractivity contribution >= 4 is 38.9 Å². The van der Waals surface area contributed by atoms with Gasteiger partial charge in [0.2, 0.25) is 0 Å². The number of nitrogens with zero attached hydrogens (tertiary/aromatic N) is 1. The van der Waals surface area contributed by atoms with Crippen molar-refractivity contribution in [3.63, 3.8) is 0 Å². The standard InChI is InChI=1S/C19H18N2O2S/c1-23-19(22)17-13-6-2-3-10-16(13)24-18(17)21-15-9-4-8-14-12(15)7-5-11-20-14/h4-5,7-9,11,21H,2-3,6,10H2,1H3. The third-order valence-electron chi connectivity index (χ3n) is 4.45. The third-order valence-corrected chi connectivity index (χ3v) is 5.66. The second-order valence-corrected chi connectivity index (χ2v) is 7.01. The Morgan fingerprint density at radius 2 is 2.08 bits per heavy atom. The number of carbonyl (C=O) groups excluding carboxylic acids is 1. The monoisotopic (exact) mass is 338 g/mol. The highest BCUT2D eigenvalue weighted by molar-refractivity contribution is 7.16. The molecule has 0 radical (unpaired) electrons. The molecule has 1 aliphatic rings. The lowest BCUT2D eigenvalue weighted by Gasteiger charge is -2.12. The fraction of sp³-hybridized carbons (Fsp3) is 0.263. The summed E-state index contributed by atoms with van der Waals surface area (Å²) in [6.07, 6.45) is 6.10. The molecule has 4 rings (SSSR count). The van der Waals surface area contributed by atoms with Crippen molar-refractivity contribution in [2.45, 2.75) is 25.7 Å². The molecule has 0 saturated carbocycles. The van der Waals surface area contributed by atoms with E-state index in [-0.39, 0.29) is 5.97 Å². The number of hydrogen-bond acceptors (Lipinski definition) is 5. The Morgan fingerprint density at radius 3 is 2.96 bits per heavy atom. The van der Waals surface area contributed by atoms with Gasteiger partial charge in [0, 0.05) is 22.1 Å². The topological polar surface area (TPSA) is 51.2 Å². The SMILES string of the molecule is COC(=O)c1c(Nc2cccc3ncccc23)sc2c1CCCC2. The first kappa shape index (κ1) is 15.1. The van der Waals surface area contributed by atoms with Crippen LogP contribution in [0.15, 0.2) is 36.5 Å². The highest BCUT2D eigenvalue weighted by atomic mass is 32.1. The van der Waals surface area contributed by atoms with E-state index in [0.717, 1.165) is 40.9 Å². The van der Waals surface area contributed by atoms with Crippen molar-refractivity contribution in [3.8, 4) is 0 Å². The van der Waals surface area contributed by atoms with Gasteiger partial charge in [-0.1, -0.05) is 6.07 Å². The number of pyridine rings is 1. The Morgan fingerprint density at radius 1 is 1.21 bits per heavy atom. The van der Waals surface area contributed by atoms with Crippen LogP contribution in [-0.4, -0.2) is 18.1 Å². The molecule has 0 unspecified atom stereocenters. The molecular formula is C19H18N2O2S. The number of thiophene rings is 1. The molecule has 24 heavy (non-hydrogen) atoms. The number of aromatic nitrogens is 1. The van der Waals surface area contributed by atoms with E-state index in [9.17, 15) is 4.79 Å². The maximum atomic E-state index is 12.4. The van der Waals surface area contributed by atoms with Crippen molar-refractivity contribution in [1.82, 2.24) is 4.98 Å². The van der Waals surface area contributed by atoms with Gasteiger partial charge in [-0.15, -0.1) is 11.3 Å². The zero-order chi connectivity index (χ0) is 16.5. The van der Waals surface area contributed by atoms with Crippen molar-refractivity contribution < 1.29 is 9.53 Å². The number of hydrogen-bond donors (Lipinski definition) is 1. The molecular weight excluding hydrogens is 320 g/mol. The fourth-order valence-corrected chi connectivity index (χ4v) is 4.60. The van der Waals surface area contributed by atoms with Gasteiger partial charge in [0.1, 0.15) is 5.00 Å². The Labute approximate surface area is 144 Å².